The number of aliphatic carboxylic acids is 1. The van der Waals surface area contributed by atoms with E-state index in [1.165, 1.54) is 0 Å². The van der Waals surface area contributed by atoms with Crippen LogP contribution in [0, 0.1) is 0 Å². The molecule has 0 saturated carbocycles. The normalized spacial score (nSPS) is 11.7. The fourth-order valence-electron chi connectivity index (χ4n) is 2.31. The molecule has 0 aliphatic heterocycles. The summed E-state index contributed by atoms with van der Waals surface area (Å²) in [6, 6.07) is 18.4. The van der Waals surface area contributed by atoms with E-state index < -0.39 is 11.2 Å². The molecule has 0 fully saturated rings. The Bertz CT molecular complexity index is 854. The number of carboxylic acids is 1. The second-order valence-electron chi connectivity index (χ2n) is 5.20. The van der Waals surface area contributed by atoms with Gasteiger partial charge in [0.05, 0.1) is 12.8 Å². The molecule has 1 heterocycles. The number of nitrogens with zero attached hydrogens (tertiary/aromatic N) is 2. The minimum Gasteiger partial charge on any atom is -0.497 e. The highest BCUT2D eigenvalue weighted by Crippen LogP contribution is 2.34. The van der Waals surface area contributed by atoms with Gasteiger partial charge in [0.2, 0.25) is 0 Å². The lowest BCUT2D eigenvalue weighted by Gasteiger charge is -2.12. The molecule has 3 rings (SSSR count). The van der Waals surface area contributed by atoms with E-state index in [9.17, 15) is 9.90 Å². The number of carboxylic acid groups (broad SMARTS) is 1. The second-order valence-corrected chi connectivity index (χ2v) is 6.27. The summed E-state index contributed by atoms with van der Waals surface area (Å²) in [5.74, 6) is -0.155. The number of ether oxygens (including phenoxy) is 1. The summed E-state index contributed by atoms with van der Waals surface area (Å²) in [5.41, 5.74) is 2.35. The van der Waals surface area contributed by atoms with Crippen LogP contribution in [0.25, 0.3) is 11.3 Å². The van der Waals surface area contributed by atoms with Crippen LogP contribution in [0.1, 0.15) is 10.8 Å². The van der Waals surface area contributed by atoms with Crippen molar-refractivity contribution >= 4 is 17.7 Å². The molecule has 6 heteroatoms. The van der Waals surface area contributed by atoms with Crippen LogP contribution < -0.4 is 4.74 Å². The zero-order valence-electron chi connectivity index (χ0n) is 13.5. The fourth-order valence-corrected chi connectivity index (χ4v) is 3.19. The van der Waals surface area contributed by atoms with Crippen molar-refractivity contribution in [3.63, 3.8) is 0 Å². The van der Waals surface area contributed by atoms with Crippen LogP contribution in [-0.4, -0.2) is 28.2 Å². The summed E-state index contributed by atoms with van der Waals surface area (Å²) < 4.78 is 5.15. The van der Waals surface area contributed by atoms with Gasteiger partial charge >= 0.3 is 5.97 Å². The van der Waals surface area contributed by atoms with Crippen LogP contribution in [-0.2, 0) is 4.79 Å². The van der Waals surface area contributed by atoms with Crippen LogP contribution >= 0.6 is 11.8 Å². The van der Waals surface area contributed by atoms with Crippen LogP contribution in [0.4, 0.5) is 0 Å². The van der Waals surface area contributed by atoms with Gasteiger partial charge in [-0.05, 0) is 35.9 Å². The topological polar surface area (TPSA) is 72.3 Å². The van der Waals surface area contributed by atoms with Crippen LogP contribution in [0.3, 0.4) is 0 Å². The van der Waals surface area contributed by atoms with E-state index in [0.29, 0.717) is 10.7 Å². The standard InChI is InChI=1S/C19H16N2O3S/c1-24-15-9-7-13(8-10-15)16-11-12-20-19(21-16)25-17(18(22)23)14-5-3-2-4-6-14/h2-12,17H,1H3,(H,22,23)/t17-/m0/s1. The highest BCUT2D eigenvalue weighted by atomic mass is 32.2. The van der Waals surface area contributed by atoms with Crippen molar-refractivity contribution < 1.29 is 14.6 Å². The maximum Gasteiger partial charge on any atom is 0.321 e. The van der Waals surface area contributed by atoms with Gasteiger partial charge in [-0.15, -0.1) is 0 Å². The molecule has 1 atom stereocenters. The van der Waals surface area contributed by atoms with Gasteiger partial charge in [-0.25, -0.2) is 9.97 Å². The number of hydrogen-bond acceptors (Lipinski definition) is 5. The fraction of sp³-hybridized carbons (Fsp3) is 0.105. The third-order valence-corrected chi connectivity index (χ3v) is 4.69. The van der Waals surface area contributed by atoms with Crippen LogP contribution in [0.2, 0.25) is 0 Å². The molecular weight excluding hydrogens is 336 g/mol. The van der Waals surface area contributed by atoms with E-state index in [4.69, 9.17) is 4.74 Å². The molecule has 0 amide bonds. The highest BCUT2D eigenvalue weighted by Gasteiger charge is 2.22. The first-order chi connectivity index (χ1) is 12.2. The van der Waals surface area contributed by atoms with Crippen molar-refractivity contribution in [1.29, 1.82) is 0 Å². The van der Waals surface area contributed by atoms with Crippen molar-refractivity contribution in [2.75, 3.05) is 7.11 Å². The van der Waals surface area contributed by atoms with Crippen molar-refractivity contribution in [2.24, 2.45) is 0 Å². The third kappa shape index (κ3) is 4.16. The Morgan fingerprint density at radius 3 is 2.44 bits per heavy atom. The number of rotatable bonds is 6. The third-order valence-electron chi connectivity index (χ3n) is 3.57. The Kier molecular flexibility index (Phi) is 5.30. The summed E-state index contributed by atoms with van der Waals surface area (Å²) >= 11 is 1.12. The average molecular weight is 352 g/mol. The van der Waals surface area contributed by atoms with E-state index in [1.54, 1.807) is 31.5 Å². The predicted molar refractivity (Wildman–Crippen MR) is 96.7 cm³/mol. The molecule has 0 aliphatic rings. The first kappa shape index (κ1) is 17.0. The van der Waals surface area contributed by atoms with Gasteiger partial charge in [-0.2, -0.15) is 0 Å². The lowest BCUT2D eigenvalue weighted by Crippen LogP contribution is -2.08. The predicted octanol–water partition coefficient (Wildman–Crippen LogP) is 4.07. The summed E-state index contributed by atoms with van der Waals surface area (Å²) in [5, 5.41) is 9.21. The first-order valence-corrected chi connectivity index (χ1v) is 8.47. The zero-order valence-corrected chi connectivity index (χ0v) is 14.3. The Morgan fingerprint density at radius 1 is 1.08 bits per heavy atom. The molecule has 5 nitrogen and oxygen atoms in total. The molecular formula is C19H16N2O3S. The van der Waals surface area contributed by atoms with E-state index in [-0.39, 0.29) is 0 Å². The minimum absolute atomic E-state index is 0.421. The van der Waals surface area contributed by atoms with Crippen molar-refractivity contribution in [3.8, 4) is 17.0 Å². The number of methoxy groups -OCH3 is 1. The molecule has 0 aliphatic carbocycles. The highest BCUT2D eigenvalue weighted by molar-refractivity contribution is 8.00. The number of benzene rings is 2. The Balaban J connectivity index is 1.86. The quantitative estimate of drug-likeness (QED) is 0.532. The molecule has 126 valence electrons. The second kappa shape index (κ2) is 7.81. The smallest absolute Gasteiger partial charge is 0.321 e. The van der Waals surface area contributed by atoms with Gasteiger partial charge in [-0.3, -0.25) is 4.79 Å². The molecule has 0 saturated heterocycles. The lowest BCUT2D eigenvalue weighted by atomic mass is 10.1. The van der Waals surface area contributed by atoms with Crippen LogP contribution in [0.5, 0.6) is 5.75 Å². The monoisotopic (exact) mass is 352 g/mol. The molecule has 0 bridgehead atoms. The van der Waals surface area contributed by atoms with Gasteiger partial charge in [0.25, 0.3) is 0 Å². The van der Waals surface area contributed by atoms with Gasteiger partial charge in [0, 0.05) is 11.8 Å². The van der Waals surface area contributed by atoms with E-state index >= 15 is 0 Å². The SMILES string of the molecule is COc1ccc(-c2ccnc(S[C@H](C(=O)O)c3ccccc3)n2)cc1. The molecule has 0 radical (unpaired) electrons. The summed E-state index contributed by atoms with van der Waals surface area (Å²) in [7, 11) is 1.62. The number of carbonyl (C=O) groups is 1. The molecule has 3 aromatic rings. The molecule has 0 spiro atoms. The summed E-state index contributed by atoms with van der Waals surface area (Å²) in [4.78, 5) is 20.3. The first-order valence-electron chi connectivity index (χ1n) is 7.59. The molecule has 1 N–H and O–H groups in total. The Labute approximate surface area is 149 Å². The molecule has 2 aromatic carbocycles. The average Bonchev–Trinajstić information content (AvgIpc) is 2.67. The van der Waals surface area contributed by atoms with Crippen molar-refractivity contribution in [3.05, 3.63) is 72.4 Å². The number of aromatic nitrogens is 2. The van der Waals surface area contributed by atoms with Crippen molar-refractivity contribution in [1.82, 2.24) is 9.97 Å². The van der Waals surface area contributed by atoms with Gasteiger partial charge < -0.3 is 9.84 Å². The Hall–Kier alpha value is -2.86. The summed E-state index contributed by atoms with van der Waals surface area (Å²) in [6.45, 7) is 0. The maximum absolute atomic E-state index is 11.6. The Morgan fingerprint density at radius 2 is 1.80 bits per heavy atom. The molecule has 1 aromatic heterocycles. The van der Waals surface area contributed by atoms with Gasteiger partial charge in [-0.1, -0.05) is 42.1 Å². The molecule has 0 unspecified atom stereocenters. The lowest BCUT2D eigenvalue weighted by molar-refractivity contribution is -0.136. The number of thioether (sulfide) groups is 1. The summed E-state index contributed by atoms with van der Waals surface area (Å²) in [6.07, 6.45) is 1.64. The minimum atomic E-state index is -0.922. The number of hydrogen-bond donors (Lipinski definition) is 1. The molecule has 25 heavy (non-hydrogen) atoms. The van der Waals surface area contributed by atoms with E-state index in [2.05, 4.69) is 9.97 Å². The zero-order chi connectivity index (χ0) is 17.6. The van der Waals surface area contributed by atoms with Gasteiger partial charge in [0.1, 0.15) is 11.0 Å². The van der Waals surface area contributed by atoms with E-state index in [0.717, 1.165) is 28.8 Å². The largest absolute Gasteiger partial charge is 0.497 e. The maximum atomic E-state index is 11.6. The van der Waals surface area contributed by atoms with Crippen LogP contribution in [0.15, 0.2) is 72.0 Å². The van der Waals surface area contributed by atoms with Gasteiger partial charge in [0.15, 0.2) is 5.16 Å². The van der Waals surface area contributed by atoms with E-state index in [1.807, 2.05) is 42.5 Å². The van der Waals surface area contributed by atoms with Crippen molar-refractivity contribution in [2.45, 2.75) is 10.4 Å².